The number of esters is 5. The molecule has 0 radical (unpaired) electrons. The molecule has 0 bridgehead atoms. The quantitative estimate of drug-likeness (QED) is 0.0630. The van der Waals surface area contributed by atoms with Crippen molar-refractivity contribution < 1.29 is 57.4 Å². The van der Waals surface area contributed by atoms with Gasteiger partial charge in [0.05, 0.1) is 12.5 Å². The molecule has 4 aromatic rings. The zero-order chi connectivity index (χ0) is 38.8. The Kier molecular flexibility index (Phi) is 9.05. The average Bonchev–Trinajstić information content (AvgIpc) is 3.74. The van der Waals surface area contributed by atoms with Crippen LogP contribution >= 0.6 is 0 Å². The minimum absolute atomic E-state index is 0.0983. The topological polar surface area (TPSA) is 150 Å². The predicted molar refractivity (Wildman–Crippen MR) is 194 cm³/mol. The Balaban J connectivity index is 1.51. The largest absolute Gasteiger partial charge is 0.423 e. The zero-order valence-electron chi connectivity index (χ0n) is 31.2. The van der Waals surface area contributed by atoms with Crippen molar-refractivity contribution in [3.8, 4) is 67.9 Å². The Labute approximate surface area is 311 Å². The first-order valence-electron chi connectivity index (χ1n) is 17.5. The molecule has 3 aliphatic rings. The van der Waals surface area contributed by atoms with E-state index in [0.717, 1.165) is 66.8 Å². The molecule has 0 N–H and O–H groups in total. The highest BCUT2D eigenvalue weighted by Crippen LogP contribution is 2.59. The van der Waals surface area contributed by atoms with Crippen LogP contribution in [0.3, 0.4) is 0 Å². The number of carbonyl (C=O) groups is 5. The van der Waals surface area contributed by atoms with Gasteiger partial charge in [-0.15, -0.1) is 0 Å². The molecule has 12 nitrogen and oxygen atoms in total. The van der Waals surface area contributed by atoms with Gasteiger partial charge in [-0.3, -0.25) is 24.0 Å². The Hall–Kier alpha value is -6.01. The minimum Gasteiger partial charge on any atom is -0.423 e. The lowest BCUT2D eigenvalue weighted by Crippen LogP contribution is -2.28. The second-order valence-corrected chi connectivity index (χ2v) is 14.2. The summed E-state index contributed by atoms with van der Waals surface area (Å²) in [5, 5.41) is 0. The van der Waals surface area contributed by atoms with E-state index in [0.29, 0.717) is 25.7 Å². The van der Waals surface area contributed by atoms with Crippen LogP contribution in [0.2, 0.25) is 0 Å². The van der Waals surface area contributed by atoms with Gasteiger partial charge < -0.3 is 28.6 Å². The van der Waals surface area contributed by atoms with E-state index < -0.39 is 35.3 Å². The average molecular weight is 735 g/mol. The molecule has 0 saturated carbocycles. The molecule has 0 heterocycles. The van der Waals surface area contributed by atoms with Crippen LogP contribution in [0.5, 0.6) is 34.5 Å². The molecule has 54 heavy (non-hydrogen) atoms. The fourth-order valence-corrected chi connectivity index (χ4v) is 7.50. The SMILES string of the molecule is CCC(C)(C)C(=O)Oc1cc2c(cc1OC(C)=O)Cc1c3c(c4c(c1-2)Cc1cc(OC(C)=O)c(OC(C)=O)cc1-4)Cc1cc(OC(C)=O)c(OOC)cc1-3. The van der Waals surface area contributed by atoms with Gasteiger partial charge in [0.15, 0.2) is 28.7 Å². The van der Waals surface area contributed by atoms with Gasteiger partial charge >= 0.3 is 29.8 Å². The number of hydrogen-bond acceptors (Lipinski definition) is 12. The van der Waals surface area contributed by atoms with Crippen LogP contribution in [0.1, 0.15) is 88.3 Å². The van der Waals surface area contributed by atoms with E-state index in [9.17, 15) is 24.0 Å². The Morgan fingerprint density at radius 3 is 1.17 bits per heavy atom. The lowest BCUT2D eigenvalue weighted by Gasteiger charge is -2.21. The smallest absolute Gasteiger partial charge is 0.317 e. The van der Waals surface area contributed by atoms with Crippen LogP contribution in [0.25, 0.3) is 33.4 Å². The molecule has 278 valence electrons. The van der Waals surface area contributed by atoms with Crippen molar-refractivity contribution in [1.82, 2.24) is 0 Å². The maximum atomic E-state index is 13.4. The molecule has 12 heteroatoms. The maximum absolute atomic E-state index is 13.4. The number of fused-ring (bicyclic) bond motifs is 12. The van der Waals surface area contributed by atoms with Crippen molar-refractivity contribution >= 4 is 29.8 Å². The van der Waals surface area contributed by atoms with Crippen LogP contribution in [-0.2, 0) is 48.1 Å². The first kappa shape index (κ1) is 36.4. The third-order valence-electron chi connectivity index (χ3n) is 10.1. The van der Waals surface area contributed by atoms with E-state index in [1.54, 1.807) is 50.2 Å². The summed E-state index contributed by atoms with van der Waals surface area (Å²) < 4.78 is 28.2. The molecule has 0 spiro atoms. The normalized spacial score (nSPS) is 12.7. The van der Waals surface area contributed by atoms with Crippen LogP contribution in [0.4, 0.5) is 0 Å². The van der Waals surface area contributed by atoms with Gasteiger partial charge in [0.2, 0.25) is 5.75 Å². The Bertz CT molecular complexity index is 2350. The molecule has 0 saturated heterocycles. The molecular formula is C42H38O12. The number of hydrogen-bond donors (Lipinski definition) is 0. The predicted octanol–water partition coefficient (Wildman–Crippen LogP) is 7.38. The summed E-state index contributed by atoms with van der Waals surface area (Å²) in [7, 11) is 1.36. The number of rotatable bonds is 9. The van der Waals surface area contributed by atoms with Crippen LogP contribution < -0.4 is 28.6 Å². The van der Waals surface area contributed by atoms with Crippen LogP contribution in [0.15, 0.2) is 36.4 Å². The Morgan fingerprint density at radius 1 is 0.519 bits per heavy atom. The van der Waals surface area contributed by atoms with Gasteiger partial charge in [-0.2, -0.15) is 4.89 Å². The molecule has 4 aromatic carbocycles. The molecule has 3 aliphatic carbocycles. The van der Waals surface area contributed by atoms with E-state index in [1.807, 2.05) is 6.92 Å². The van der Waals surface area contributed by atoms with E-state index in [4.69, 9.17) is 33.5 Å². The van der Waals surface area contributed by atoms with Crippen molar-refractivity contribution in [2.45, 2.75) is 74.1 Å². The van der Waals surface area contributed by atoms with E-state index in [1.165, 1.54) is 34.8 Å². The molecule has 0 amide bonds. The van der Waals surface area contributed by atoms with Gasteiger partial charge in [0.25, 0.3) is 0 Å². The number of ether oxygens (including phenoxy) is 5. The van der Waals surface area contributed by atoms with Crippen molar-refractivity contribution in [2.24, 2.45) is 5.41 Å². The lowest BCUT2D eigenvalue weighted by atomic mass is 9.86. The molecule has 0 aromatic heterocycles. The number of carbonyl (C=O) groups excluding carboxylic acids is 5. The summed E-state index contributed by atoms with van der Waals surface area (Å²) in [6.07, 6.45) is 1.87. The number of benzene rings is 4. The highest BCUT2D eigenvalue weighted by atomic mass is 17.2. The van der Waals surface area contributed by atoms with Crippen LogP contribution in [0, 0.1) is 5.41 Å². The van der Waals surface area contributed by atoms with Gasteiger partial charge in [0, 0.05) is 27.7 Å². The third-order valence-corrected chi connectivity index (χ3v) is 10.1. The van der Waals surface area contributed by atoms with E-state index in [2.05, 4.69) is 0 Å². The third kappa shape index (κ3) is 6.26. The molecule has 0 fully saturated rings. The Morgan fingerprint density at radius 2 is 0.833 bits per heavy atom. The molecular weight excluding hydrogens is 696 g/mol. The second kappa shape index (κ2) is 13.4. The summed E-state index contributed by atoms with van der Waals surface area (Å²) in [6.45, 7) is 10.6. The fourth-order valence-electron chi connectivity index (χ4n) is 7.50. The van der Waals surface area contributed by atoms with E-state index in [-0.39, 0.29) is 34.5 Å². The van der Waals surface area contributed by atoms with Gasteiger partial charge in [0.1, 0.15) is 0 Å². The van der Waals surface area contributed by atoms with E-state index >= 15 is 0 Å². The summed E-state index contributed by atoms with van der Waals surface area (Å²) in [6, 6.07) is 10.5. The fraction of sp³-hybridized carbons (Fsp3) is 0.310. The maximum Gasteiger partial charge on any atom is 0.317 e. The van der Waals surface area contributed by atoms with Crippen molar-refractivity contribution in [1.29, 1.82) is 0 Å². The lowest BCUT2D eigenvalue weighted by molar-refractivity contribution is -0.179. The van der Waals surface area contributed by atoms with Crippen molar-refractivity contribution in [3.63, 3.8) is 0 Å². The molecule has 0 aliphatic heterocycles. The molecule has 0 atom stereocenters. The first-order chi connectivity index (χ1) is 25.6. The highest BCUT2D eigenvalue weighted by molar-refractivity contribution is 6.02. The summed E-state index contributed by atoms with van der Waals surface area (Å²) in [5.41, 5.74) is 9.87. The van der Waals surface area contributed by atoms with Gasteiger partial charge in [-0.25, -0.2) is 0 Å². The minimum atomic E-state index is -0.802. The summed E-state index contributed by atoms with van der Waals surface area (Å²) in [5.74, 6) is -1.85. The van der Waals surface area contributed by atoms with Gasteiger partial charge in [-0.05, 0) is 143 Å². The second-order valence-electron chi connectivity index (χ2n) is 14.2. The van der Waals surface area contributed by atoms with Gasteiger partial charge in [-0.1, -0.05) is 6.92 Å². The standard InChI is InChI=1S/C42H38O12/c1-9-42(6,7)41(47)53-36-17-27-24(14-33(36)50-20(3)44)11-30-39(27)29-10-23-13-32(49-19(2)43)35(52-22(5)46)16-26(23)38(29)31-12-25-15-34(51-21(4)45)37(54-48-8)18-28(25)40(30)31/h13-18H,9-12H2,1-8H3. The molecule has 0 unspecified atom stereocenters. The molecule has 7 rings (SSSR count). The highest BCUT2D eigenvalue weighted by Gasteiger charge is 2.40. The summed E-state index contributed by atoms with van der Waals surface area (Å²) >= 11 is 0. The monoisotopic (exact) mass is 734 g/mol. The van der Waals surface area contributed by atoms with Crippen molar-refractivity contribution in [3.05, 3.63) is 69.8 Å². The first-order valence-corrected chi connectivity index (χ1v) is 17.5. The zero-order valence-corrected chi connectivity index (χ0v) is 31.2. The van der Waals surface area contributed by atoms with Crippen molar-refractivity contribution in [2.75, 3.05) is 7.11 Å². The summed E-state index contributed by atoms with van der Waals surface area (Å²) in [4.78, 5) is 72.6. The van der Waals surface area contributed by atoms with Crippen LogP contribution in [-0.4, -0.2) is 37.0 Å².